The highest BCUT2D eigenvalue weighted by molar-refractivity contribution is 5.96. The zero-order valence-electron chi connectivity index (χ0n) is 12.1. The lowest BCUT2D eigenvalue weighted by molar-refractivity contribution is -0.120. The van der Waals surface area contributed by atoms with Crippen LogP contribution in [-0.4, -0.2) is 16.4 Å². The Morgan fingerprint density at radius 3 is 2.14 bits per heavy atom. The Balaban J connectivity index is 2.14. The molecule has 2 aromatic rings. The van der Waals surface area contributed by atoms with Crippen LogP contribution >= 0.6 is 0 Å². The molecule has 110 valence electrons. The number of rotatable bonds is 5. The number of aromatic nitrogens is 1. The van der Waals surface area contributed by atoms with Crippen LogP contribution in [-0.2, 0) is 4.79 Å². The van der Waals surface area contributed by atoms with E-state index in [0.717, 1.165) is 0 Å². The summed E-state index contributed by atoms with van der Waals surface area (Å²) in [6.45, 7) is 4.00. The van der Waals surface area contributed by atoms with Crippen molar-refractivity contribution in [2.75, 3.05) is 5.32 Å². The van der Waals surface area contributed by atoms with Gasteiger partial charge in [-0.3, -0.25) is 9.59 Å². The predicted molar refractivity (Wildman–Crippen MR) is 81.9 cm³/mol. The number of anilines is 1. The monoisotopic (exact) mass is 285 g/mol. The van der Waals surface area contributed by atoms with Crippen molar-refractivity contribution in [3.8, 4) is 0 Å². The van der Waals surface area contributed by atoms with E-state index in [9.17, 15) is 9.59 Å². The second-order valence-corrected chi connectivity index (χ2v) is 5.25. The molecule has 5 heteroatoms. The number of amides is 2. The van der Waals surface area contributed by atoms with Gasteiger partial charge in [-0.05, 0) is 42.3 Å². The summed E-state index contributed by atoms with van der Waals surface area (Å²) in [5.41, 5.74) is 6.24. The molecule has 0 aliphatic rings. The number of primary amides is 1. The summed E-state index contributed by atoms with van der Waals surface area (Å²) >= 11 is 0. The van der Waals surface area contributed by atoms with Crippen molar-refractivity contribution in [2.24, 2.45) is 11.7 Å². The zero-order valence-corrected chi connectivity index (χ0v) is 12.1. The van der Waals surface area contributed by atoms with Crippen LogP contribution in [0.2, 0.25) is 0 Å². The molecule has 0 saturated carbocycles. The van der Waals surface area contributed by atoms with Gasteiger partial charge in [-0.1, -0.05) is 13.8 Å². The number of carbonyl (C=O) groups is 2. The zero-order chi connectivity index (χ0) is 15.4. The van der Waals surface area contributed by atoms with Crippen LogP contribution in [0.15, 0.2) is 48.8 Å². The third-order valence-electron chi connectivity index (χ3n) is 3.29. The van der Waals surface area contributed by atoms with Crippen molar-refractivity contribution in [2.45, 2.75) is 19.9 Å². The molecule has 21 heavy (non-hydrogen) atoms. The van der Waals surface area contributed by atoms with E-state index in [4.69, 9.17) is 5.73 Å². The van der Waals surface area contributed by atoms with E-state index < -0.39 is 5.91 Å². The molecular weight excluding hydrogens is 266 g/mol. The summed E-state index contributed by atoms with van der Waals surface area (Å²) in [6.07, 6.45) is 3.75. The van der Waals surface area contributed by atoms with Crippen molar-refractivity contribution in [1.29, 1.82) is 0 Å². The fraction of sp³-hybridized carbons (Fsp3) is 0.250. The predicted octanol–water partition coefficient (Wildman–Crippen LogP) is 2.42. The first kappa shape index (κ1) is 14.8. The minimum atomic E-state index is -0.486. The van der Waals surface area contributed by atoms with Gasteiger partial charge < -0.3 is 15.6 Å². The first-order valence-corrected chi connectivity index (χ1v) is 6.82. The van der Waals surface area contributed by atoms with Crippen LogP contribution in [0.5, 0.6) is 0 Å². The number of carbonyl (C=O) groups excluding carboxylic acids is 2. The quantitative estimate of drug-likeness (QED) is 0.885. The minimum Gasteiger partial charge on any atom is -0.366 e. The van der Waals surface area contributed by atoms with Crippen molar-refractivity contribution < 1.29 is 9.59 Å². The van der Waals surface area contributed by atoms with Gasteiger partial charge in [0.25, 0.3) is 0 Å². The van der Waals surface area contributed by atoms with Gasteiger partial charge in [-0.2, -0.15) is 0 Å². The van der Waals surface area contributed by atoms with Gasteiger partial charge in [-0.15, -0.1) is 0 Å². The average molecular weight is 285 g/mol. The highest BCUT2D eigenvalue weighted by Crippen LogP contribution is 2.20. The Kier molecular flexibility index (Phi) is 4.42. The molecule has 2 amide bonds. The molecule has 2 rings (SSSR count). The Morgan fingerprint density at radius 1 is 1.10 bits per heavy atom. The number of benzene rings is 1. The lowest BCUT2D eigenvalue weighted by atomic mass is 10.0. The van der Waals surface area contributed by atoms with Gasteiger partial charge in [0.15, 0.2) is 0 Å². The molecule has 1 atom stereocenters. The second kappa shape index (κ2) is 6.26. The van der Waals surface area contributed by atoms with Gasteiger partial charge in [0, 0.05) is 23.6 Å². The summed E-state index contributed by atoms with van der Waals surface area (Å²) in [4.78, 5) is 23.5. The smallest absolute Gasteiger partial charge is 0.248 e. The average Bonchev–Trinajstić information content (AvgIpc) is 2.92. The van der Waals surface area contributed by atoms with Crippen molar-refractivity contribution in [3.63, 3.8) is 0 Å². The third kappa shape index (κ3) is 3.51. The number of hydrogen-bond acceptors (Lipinski definition) is 2. The van der Waals surface area contributed by atoms with E-state index in [1.165, 1.54) is 0 Å². The number of nitrogens with one attached hydrogen (secondary N) is 1. The summed E-state index contributed by atoms with van der Waals surface area (Å²) in [6, 6.07) is 10.0. The Labute approximate surface area is 123 Å². The molecule has 0 saturated heterocycles. The van der Waals surface area contributed by atoms with Gasteiger partial charge in [0.1, 0.15) is 6.04 Å². The molecule has 1 aromatic heterocycles. The van der Waals surface area contributed by atoms with Gasteiger partial charge in [0.2, 0.25) is 11.8 Å². The first-order chi connectivity index (χ1) is 9.99. The second-order valence-electron chi connectivity index (χ2n) is 5.25. The molecule has 0 fully saturated rings. The fourth-order valence-electron chi connectivity index (χ4n) is 2.25. The third-order valence-corrected chi connectivity index (χ3v) is 3.29. The molecule has 0 spiro atoms. The van der Waals surface area contributed by atoms with Crippen LogP contribution in [0, 0.1) is 5.92 Å². The highest BCUT2D eigenvalue weighted by atomic mass is 16.2. The summed E-state index contributed by atoms with van der Waals surface area (Å²) < 4.78 is 1.89. The molecule has 1 heterocycles. The van der Waals surface area contributed by atoms with Crippen LogP contribution in [0.1, 0.15) is 30.2 Å². The molecular formula is C16H19N3O2. The molecule has 0 unspecified atom stereocenters. The Bertz CT molecular complexity index is 615. The largest absolute Gasteiger partial charge is 0.366 e. The highest BCUT2D eigenvalue weighted by Gasteiger charge is 2.23. The topological polar surface area (TPSA) is 77.1 Å². The van der Waals surface area contributed by atoms with Gasteiger partial charge in [0.05, 0.1) is 0 Å². The number of nitrogens with zero attached hydrogens (tertiary/aromatic N) is 1. The van der Waals surface area contributed by atoms with E-state index in [1.807, 2.05) is 42.9 Å². The summed E-state index contributed by atoms with van der Waals surface area (Å²) in [5, 5.41) is 2.87. The Hall–Kier alpha value is -2.56. The van der Waals surface area contributed by atoms with E-state index in [-0.39, 0.29) is 17.9 Å². The number of nitrogens with two attached hydrogens (primary N) is 1. The lowest BCUT2D eigenvalue weighted by Crippen LogP contribution is -2.29. The maximum absolute atomic E-state index is 12.4. The lowest BCUT2D eigenvalue weighted by Gasteiger charge is -2.22. The van der Waals surface area contributed by atoms with Crippen LogP contribution in [0.3, 0.4) is 0 Å². The van der Waals surface area contributed by atoms with Crippen LogP contribution in [0.4, 0.5) is 5.69 Å². The summed E-state index contributed by atoms with van der Waals surface area (Å²) in [5.74, 6) is -0.421. The van der Waals surface area contributed by atoms with E-state index in [2.05, 4.69) is 5.32 Å². The fourth-order valence-corrected chi connectivity index (χ4v) is 2.25. The first-order valence-electron chi connectivity index (χ1n) is 6.82. The van der Waals surface area contributed by atoms with Crippen molar-refractivity contribution in [1.82, 2.24) is 4.57 Å². The molecule has 0 bridgehead atoms. The van der Waals surface area contributed by atoms with E-state index in [1.54, 1.807) is 24.3 Å². The van der Waals surface area contributed by atoms with Gasteiger partial charge >= 0.3 is 0 Å². The Morgan fingerprint density at radius 2 is 1.67 bits per heavy atom. The SMILES string of the molecule is CC(C)[C@@H](C(=O)Nc1ccc(C(N)=O)cc1)n1cccc1. The van der Waals surface area contributed by atoms with Crippen LogP contribution in [0.25, 0.3) is 0 Å². The normalized spacial score (nSPS) is 12.1. The van der Waals surface area contributed by atoms with Crippen LogP contribution < -0.4 is 11.1 Å². The summed E-state index contributed by atoms with van der Waals surface area (Å²) in [7, 11) is 0. The van der Waals surface area contributed by atoms with Gasteiger partial charge in [-0.25, -0.2) is 0 Å². The van der Waals surface area contributed by atoms with E-state index in [0.29, 0.717) is 11.3 Å². The maximum atomic E-state index is 12.4. The maximum Gasteiger partial charge on any atom is 0.248 e. The molecule has 0 aliphatic carbocycles. The van der Waals surface area contributed by atoms with E-state index >= 15 is 0 Å². The molecule has 5 nitrogen and oxygen atoms in total. The standard InChI is InChI=1S/C16H19N3O2/c1-11(2)14(19-9-3-4-10-19)16(21)18-13-7-5-12(6-8-13)15(17)20/h3-11,14H,1-2H3,(H2,17,20)(H,18,21)/t14-/m0/s1. The van der Waals surface area contributed by atoms with Crippen molar-refractivity contribution in [3.05, 3.63) is 54.4 Å². The minimum absolute atomic E-state index is 0.0898. The molecule has 0 aliphatic heterocycles. The molecule has 3 N–H and O–H groups in total. The molecule has 0 radical (unpaired) electrons. The van der Waals surface area contributed by atoms with Crippen molar-refractivity contribution >= 4 is 17.5 Å². The number of hydrogen-bond donors (Lipinski definition) is 2. The molecule has 1 aromatic carbocycles.